The molecule has 0 fully saturated rings. The van der Waals surface area contributed by atoms with Gasteiger partial charge in [-0.05, 0) is 23.8 Å². The topological polar surface area (TPSA) is 76.5 Å². The van der Waals surface area contributed by atoms with Gasteiger partial charge < -0.3 is 4.57 Å². The SMILES string of the molecule is Cn1c(C(C#N)C(=O)c2cnn(Cc3ccccc3Cl)c2)nc2ccccc21. The maximum atomic E-state index is 13.0. The highest BCUT2D eigenvalue weighted by molar-refractivity contribution is 6.31. The molecule has 0 saturated heterocycles. The van der Waals surface area contributed by atoms with Crippen LogP contribution in [0.25, 0.3) is 11.0 Å². The Hall–Kier alpha value is -3.43. The lowest BCUT2D eigenvalue weighted by Crippen LogP contribution is -2.15. The van der Waals surface area contributed by atoms with Gasteiger partial charge >= 0.3 is 0 Å². The molecule has 28 heavy (non-hydrogen) atoms. The smallest absolute Gasteiger partial charge is 0.190 e. The molecule has 7 heteroatoms. The zero-order chi connectivity index (χ0) is 19.7. The number of hydrogen-bond donors (Lipinski definition) is 0. The van der Waals surface area contributed by atoms with Gasteiger partial charge in [-0.1, -0.05) is 41.9 Å². The third kappa shape index (κ3) is 3.17. The Balaban J connectivity index is 1.63. The van der Waals surface area contributed by atoms with Crippen molar-refractivity contribution in [2.45, 2.75) is 12.5 Å². The van der Waals surface area contributed by atoms with Gasteiger partial charge in [-0.3, -0.25) is 9.48 Å². The molecular weight excluding hydrogens is 374 g/mol. The first-order chi connectivity index (χ1) is 13.6. The Morgan fingerprint density at radius 1 is 1.21 bits per heavy atom. The van der Waals surface area contributed by atoms with Crippen LogP contribution in [0.1, 0.15) is 27.7 Å². The fraction of sp³-hybridized carbons (Fsp3) is 0.143. The van der Waals surface area contributed by atoms with E-state index in [4.69, 9.17) is 11.6 Å². The first kappa shape index (κ1) is 18.0. The molecule has 2 aromatic heterocycles. The maximum absolute atomic E-state index is 13.0. The van der Waals surface area contributed by atoms with Gasteiger partial charge in [0.25, 0.3) is 0 Å². The lowest BCUT2D eigenvalue weighted by Gasteiger charge is -2.07. The van der Waals surface area contributed by atoms with E-state index in [1.165, 1.54) is 6.20 Å². The molecule has 0 bridgehead atoms. The number of carbonyl (C=O) groups excluding carboxylic acids is 1. The summed E-state index contributed by atoms with van der Waals surface area (Å²) in [6.07, 6.45) is 3.12. The Morgan fingerprint density at radius 3 is 2.71 bits per heavy atom. The zero-order valence-electron chi connectivity index (χ0n) is 15.1. The lowest BCUT2D eigenvalue weighted by molar-refractivity contribution is 0.0975. The van der Waals surface area contributed by atoms with Crippen LogP contribution in [0.3, 0.4) is 0 Å². The van der Waals surface area contributed by atoms with E-state index in [-0.39, 0.29) is 5.78 Å². The van der Waals surface area contributed by atoms with Crippen molar-refractivity contribution in [3.63, 3.8) is 0 Å². The largest absolute Gasteiger partial charge is 0.330 e. The van der Waals surface area contributed by atoms with Gasteiger partial charge in [0, 0.05) is 18.3 Å². The van der Waals surface area contributed by atoms with Crippen LogP contribution in [-0.2, 0) is 13.6 Å². The predicted molar refractivity (Wildman–Crippen MR) is 106 cm³/mol. The standard InChI is InChI=1S/C21H16ClN5O/c1-26-19-9-5-4-8-18(19)25-21(26)16(10-23)20(28)15-11-24-27(13-15)12-14-6-2-3-7-17(14)22/h2-9,11,13,16H,12H2,1H3. The number of rotatable bonds is 5. The maximum Gasteiger partial charge on any atom is 0.190 e. The average Bonchev–Trinajstić information content (AvgIpc) is 3.30. The number of hydrogen-bond acceptors (Lipinski definition) is 4. The monoisotopic (exact) mass is 389 g/mol. The van der Waals surface area contributed by atoms with Crippen molar-refractivity contribution in [2.75, 3.05) is 0 Å². The van der Waals surface area contributed by atoms with E-state index in [9.17, 15) is 10.1 Å². The Morgan fingerprint density at radius 2 is 1.96 bits per heavy atom. The highest BCUT2D eigenvalue weighted by Gasteiger charge is 2.27. The molecule has 2 heterocycles. The average molecular weight is 390 g/mol. The first-order valence-corrected chi connectivity index (χ1v) is 9.07. The summed E-state index contributed by atoms with van der Waals surface area (Å²) in [6.45, 7) is 0.441. The third-order valence-corrected chi connectivity index (χ3v) is 5.05. The number of carbonyl (C=O) groups is 1. The molecule has 0 aliphatic rings. The summed E-state index contributed by atoms with van der Waals surface area (Å²) in [6, 6.07) is 17.1. The molecule has 0 saturated carbocycles. The van der Waals surface area contributed by atoms with E-state index in [0.29, 0.717) is 23.0 Å². The zero-order valence-corrected chi connectivity index (χ0v) is 15.8. The van der Waals surface area contributed by atoms with Crippen molar-refractivity contribution in [1.29, 1.82) is 5.26 Å². The van der Waals surface area contributed by atoms with Crippen LogP contribution in [0.5, 0.6) is 0 Å². The van der Waals surface area contributed by atoms with Gasteiger partial charge in [-0.15, -0.1) is 0 Å². The van der Waals surface area contributed by atoms with Crippen LogP contribution >= 0.6 is 11.6 Å². The second-order valence-electron chi connectivity index (χ2n) is 6.46. The number of fused-ring (bicyclic) bond motifs is 1. The van der Waals surface area contributed by atoms with Crippen LogP contribution < -0.4 is 0 Å². The molecule has 1 atom stereocenters. The quantitative estimate of drug-likeness (QED) is 0.484. The Kier molecular flexibility index (Phi) is 4.68. The number of nitrogens with zero attached hydrogens (tertiary/aromatic N) is 5. The molecule has 0 spiro atoms. The minimum absolute atomic E-state index is 0.327. The molecule has 0 aliphatic heterocycles. The van der Waals surface area contributed by atoms with E-state index in [1.54, 1.807) is 15.4 Å². The van der Waals surface area contributed by atoms with Crippen molar-refractivity contribution in [2.24, 2.45) is 7.05 Å². The summed E-state index contributed by atoms with van der Waals surface area (Å²) < 4.78 is 3.42. The van der Waals surface area contributed by atoms with Gasteiger partial charge in [0.05, 0.1) is 35.4 Å². The number of nitriles is 1. The van der Waals surface area contributed by atoms with Crippen LogP contribution in [0.4, 0.5) is 0 Å². The van der Waals surface area contributed by atoms with Gasteiger partial charge in [0.1, 0.15) is 5.82 Å². The number of Topliss-reactive ketones (excluding diaryl/α,β-unsaturated/α-hetero) is 1. The number of benzene rings is 2. The van der Waals surface area contributed by atoms with Crippen molar-refractivity contribution < 1.29 is 4.79 Å². The molecule has 4 aromatic rings. The van der Waals surface area contributed by atoms with Crippen LogP contribution in [0.2, 0.25) is 5.02 Å². The molecule has 138 valence electrons. The summed E-state index contributed by atoms with van der Waals surface area (Å²) >= 11 is 6.19. The summed E-state index contributed by atoms with van der Waals surface area (Å²) in [7, 11) is 1.81. The van der Waals surface area contributed by atoms with E-state index >= 15 is 0 Å². The van der Waals surface area contributed by atoms with E-state index in [1.807, 2.05) is 55.6 Å². The Labute approximate surface area is 166 Å². The number of imidazole rings is 1. The van der Waals surface area contributed by atoms with Crippen molar-refractivity contribution in [1.82, 2.24) is 19.3 Å². The molecule has 0 radical (unpaired) electrons. The molecule has 0 N–H and O–H groups in total. The highest BCUT2D eigenvalue weighted by atomic mass is 35.5. The fourth-order valence-electron chi connectivity index (χ4n) is 3.20. The van der Waals surface area contributed by atoms with E-state index < -0.39 is 5.92 Å². The molecule has 2 aromatic carbocycles. The van der Waals surface area contributed by atoms with E-state index in [2.05, 4.69) is 16.2 Å². The predicted octanol–water partition coefficient (Wildman–Crippen LogP) is 3.96. The molecule has 0 amide bonds. The first-order valence-electron chi connectivity index (χ1n) is 8.69. The molecule has 6 nitrogen and oxygen atoms in total. The normalized spacial score (nSPS) is 12.0. The van der Waals surface area contributed by atoms with E-state index in [0.717, 1.165) is 16.6 Å². The van der Waals surface area contributed by atoms with Gasteiger partial charge in [-0.2, -0.15) is 10.4 Å². The molecule has 1 unspecified atom stereocenters. The van der Waals surface area contributed by atoms with Crippen molar-refractivity contribution in [3.8, 4) is 6.07 Å². The van der Waals surface area contributed by atoms with Gasteiger partial charge in [0.15, 0.2) is 11.7 Å². The highest BCUT2D eigenvalue weighted by Crippen LogP contribution is 2.24. The number of aryl methyl sites for hydroxylation is 1. The van der Waals surface area contributed by atoms with Crippen LogP contribution in [0, 0.1) is 11.3 Å². The summed E-state index contributed by atoms with van der Waals surface area (Å²) in [5, 5.41) is 14.6. The third-order valence-electron chi connectivity index (χ3n) is 4.68. The van der Waals surface area contributed by atoms with Crippen molar-refractivity contribution >= 4 is 28.4 Å². The number of halogens is 1. The fourth-order valence-corrected chi connectivity index (χ4v) is 3.40. The summed E-state index contributed by atoms with van der Waals surface area (Å²) in [5.74, 6) is -0.908. The molecule has 4 rings (SSSR count). The van der Waals surface area contributed by atoms with Gasteiger partial charge in [0.2, 0.25) is 0 Å². The summed E-state index contributed by atoms with van der Waals surface area (Å²) in [5.41, 5.74) is 2.89. The molecule has 0 aliphatic carbocycles. The summed E-state index contributed by atoms with van der Waals surface area (Å²) in [4.78, 5) is 17.5. The number of aromatic nitrogens is 4. The second-order valence-corrected chi connectivity index (χ2v) is 6.87. The Bertz CT molecular complexity index is 1220. The minimum Gasteiger partial charge on any atom is -0.330 e. The second kappa shape index (κ2) is 7.29. The van der Waals surface area contributed by atoms with Crippen LogP contribution in [0.15, 0.2) is 60.9 Å². The minimum atomic E-state index is -1.00. The number of para-hydroxylation sites is 2. The van der Waals surface area contributed by atoms with Crippen molar-refractivity contribution in [3.05, 3.63) is 82.9 Å². The number of ketones is 1. The lowest BCUT2D eigenvalue weighted by atomic mass is 10.0. The van der Waals surface area contributed by atoms with Crippen LogP contribution in [-0.4, -0.2) is 25.1 Å². The van der Waals surface area contributed by atoms with Gasteiger partial charge in [-0.25, -0.2) is 4.98 Å². The molecular formula is C21H16ClN5O.